The molecule has 7 heteroatoms. The maximum atomic E-state index is 11.6. The van der Waals surface area contributed by atoms with E-state index in [0.717, 1.165) is 0 Å². The molecule has 0 radical (unpaired) electrons. The van der Waals surface area contributed by atoms with Gasteiger partial charge in [-0.15, -0.1) is 0 Å². The first-order valence-electron chi connectivity index (χ1n) is 5.85. The van der Waals surface area contributed by atoms with Crippen molar-refractivity contribution in [1.29, 1.82) is 5.26 Å². The molecule has 0 fully saturated rings. The van der Waals surface area contributed by atoms with Gasteiger partial charge in [0, 0.05) is 0 Å². The summed E-state index contributed by atoms with van der Waals surface area (Å²) >= 11 is 6.06. The Morgan fingerprint density at radius 1 is 1.48 bits per heavy atom. The van der Waals surface area contributed by atoms with Crippen LogP contribution in [0, 0.1) is 11.3 Å². The molecule has 0 atom stereocenters. The van der Waals surface area contributed by atoms with Crippen molar-refractivity contribution in [2.75, 3.05) is 18.2 Å². The van der Waals surface area contributed by atoms with E-state index in [1.807, 2.05) is 6.07 Å². The third kappa shape index (κ3) is 3.22. The summed E-state index contributed by atoms with van der Waals surface area (Å²) < 4.78 is 4.64. The van der Waals surface area contributed by atoms with Crippen molar-refractivity contribution in [2.24, 2.45) is 0 Å². The zero-order valence-corrected chi connectivity index (χ0v) is 11.8. The summed E-state index contributed by atoms with van der Waals surface area (Å²) in [6.07, 6.45) is 1.35. The quantitative estimate of drug-likeness (QED) is 0.845. The highest BCUT2D eigenvalue weighted by Crippen LogP contribution is 2.26. The molecule has 6 nitrogen and oxygen atoms in total. The molecule has 0 spiro atoms. The fraction of sp³-hybridized carbons (Fsp3) is 0.0714. The number of carbonyl (C=O) groups excluding carboxylic acids is 1. The number of hydrogen-bond acceptors (Lipinski definition) is 6. The lowest BCUT2D eigenvalue weighted by Gasteiger charge is -2.10. The molecule has 0 unspecified atom stereocenters. The minimum atomic E-state index is -0.552. The minimum Gasteiger partial charge on any atom is -0.465 e. The van der Waals surface area contributed by atoms with Crippen LogP contribution in [0.5, 0.6) is 0 Å². The first-order valence-corrected chi connectivity index (χ1v) is 6.23. The van der Waals surface area contributed by atoms with Gasteiger partial charge in [0.25, 0.3) is 0 Å². The van der Waals surface area contributed by atoms with E-state index in [2.05, 4.69) is 15.0 Å². The predicted octanol–water partition coefficient (Wildman–Crippen LogP) is 2.72. The molecule has 0 aliphatic heterocycles. The molecule has 0 amide bonds. The number of nitrogens with one attached hydrogen (secondary N) is 1. The fourth-order valence-corrected chi connectivity index (χ4v) is 1.87. The molecule has 3 N–H and O–H groups in total. The van der Waals surface area contributed by atoms with Gasteiger partial charge in [-0.2, -0.15) is 5.26 Å². The average Bonchev–Trinajstić information content (AvgIpc) is 2.50. The van der Waals surface area contributed by atoms with Gasteiger partial charge in [-0.3, -0.25) is 0 Å². The highest BCUT2D eigenvalue weighted by molar-refractivity contribution is 6.33. The molecule has 21 heavy (non-hydrogen) atoms. The Hall–Kier alpha value is -2.78. The standard InChI is InChI=1S/C14H11ClN4O2/c1-21-14(20)9-5-13(18-7-11(9)17)19-12-3-2-8(6-16)4-10(12)15/h2-5,7H,17H2,1H3,(H,18,19). The number of methoxy groups -OCH3 is 1. The summed E-state index contributed by atoms with van der Waals surface area (Å²) in [6, 6.07) is 8.26. The van der Waals surface area contributed by atoms with Crippen molar-refractivity contribution in [3.8, 4) is 6.07 Å². The monoisotopic (exact) mass is 302 g/mol. The van der Waals surface area contributed by atoms with E-state index in [9.17, 15) is 4.79 Å². The molecule has 1 aromatic carbocycles. The summed E-state index contributed by atoms with van der Waals surface area (Å²) in [5, 5.41) is 12.1. The number of benzene rings is 1. The van der Waals surface area contributed by atoms with E-state index in [0.29, 0.717) is 22.1 Å². The zero-order chi connectivity index (χ0) is 15.4. The first-order chi connectivity index (χ1) is 10.0. The number of esters is 1. The number of hydrogen-bond donors (Lipinski definition) is 2. The highest BCUT2D eigenvalue weighted by Gasteiger charge is 2.12. The maximum absolute atomic E-state index is 11.6. The molecular weight excluding hydrogens is 292 g/mol. The summed E-state index contributed by atoms with van der Waals surface area (Å²) in [6.45, 7) is 0. The number of halogens is 1. The second kappa shape index (κ2) is 6.11. The Morgan fingerprint density at radius 3 is 2.86 bits per heavy atom. The second-order valence-electron chi connectivity index (χ2n) is 4.08. The third-order valence-corrected chi connectivity index (χ3v) is 3.01. The molecule has 0 aliphatic carbocycles. The maximum Gasteiger partial charge on any atom is 0.340 e. The Balaban J connectivity index is 2.32. The molecule has 1 aromatic heterocycles. The SMILES string of the molecule is COC(=O)c1cc(Nc2ccc(C#N)cc2Cl)ncc1N. The van der Waals surface area contributed by atoms with Crippen LogP contribution in [0.25, 0.3) is 0 Å². The number of pyridine rings is 1. The third-order valence-electron chi connectivity index (χ3n) is 2.70. The largest absolute Gasteiger partial charge is 0.465 e. The number of ether oxygens (including phenoxy) is 1. The molecule has 0 aliphatic rings. The Bertz CT molecular complexity index is 740. The molecule has 0 saturated heterocycles. The molecular formula is C14H11ClN4O2. The summed E-state index contributed by atoms with van der Waals surface area (Å²) in [4.78, 5) is 15.6. The normalized spacial score (nSPS) is 9.76. The van der Waals surface area contributed by atoms with Gasteiger partial charge >= 0.3 is 5.97 Å². The summed E-state index contributed by atoms with van der Waals surface area (Å²) in [5.74, 6) is -0.167. The van der Waals surface area contributed by atoms with Gasteiger partial charge in [0.2, 0.25) is 0 Å². The van der Waals surface area contributed by atoms with E-state index in [1.54, 1.807) is 12.1 Å². The smallest absolute Gasteiger partial charge is 0.340 e. The van der Waals surface area contributed by atoms with Crippen molar-refractivity contribution >= 4 is 34.8 Å². The van der Waals surface area contributed by atoms with E-state index in [1.165, 1.54) is 25.4 Å². The van der Waals surface area contributed by atoms with Crippen molar-refractivity contribution in [1.82, 2.24) is 4.98 Å². The number of aromatic nitrogens is 1. The number of nitrogen functional groups attached to an aromatic ring is 1. The molecule has 0 saturated carbocycles. The molecule has 0 bridgehead atoms. The number of rotatable bonds is 3. The van der Waals surface area contributed by atoms with E-state index in [-0.39, 0.29) is 11.3 Å². The van der Waals surface area contributed by atoms with Gasteiger partial charge in [-0.25, -0.2) is 9.78 Å². The predicted molar refractivity (Wildman–Crippen MR) is 79.4 cm³/mol. The second-order valence-corrected chi connectivity index (χ2v) is 4.49. The van der Waals surface area contributed by atoms with Gasteiger partial charge in [0.15, 0.2) is 0 Å². The van der Waals surface area contributed by atoms with Gasteiger partial charge in [-0.05, 0) is 24.3 Å². The number of nitrogens with zero attached hydrogens (tertiary/aromatic N) is 2. The highest BCUT2D eigenvalue weighted by atomic mass is 35.5. The van der Waals surface area contributed by atoms with E-state index in [4.69, 9.17) is 22.6 Å². The van der Waals surface area contributed by atoms with Crippen LogP contribution in [0.4, 0.5) is 17.2 Å². The number of nitrogens with two attached hydrogens (primary N) is 1. The van der Waals surface area contributed by atoms with Crippen molar-refractivity contribution in [2.45, 2.75) is 0 Å². The van der Waals surface area contributed by atoms with Gasteiger partial charge in [0.1, 0.15) is 5.82 Å². The summed E-state index contributed by atoms with van der Waals surface area (Å²) in [5.41, 5.74) is 7.11. The van der Waals surface area contributed by atoms with Crippen LogP contribution in [-0.4, -0.2) is 18.1 Å². The minimum absolute atomic E-state index is 0.208. The van der Waals surface area contributed by atoms with Crippen LogP contribution in [-0.2, 0) is 4.74 Å². The van der Waals surface area contributed by atoms with Crippen LogP contribution in [0.1, 0.15) is 15.9 Å². The molecule has 106 valence electrons. The number of carbonyl (C=O) groups is 1. The average molecular weight is 303 g/mol. The number of nitriles is 1. The molecule has 1 heterocycles. The summed E-state index contributed by atoms with van der Waals surface area (Å²) in [7, 11) is 1.27. The molecule has 2 rings (SSSR count). The lowest BCUT2D eigenvalue weighted by atomic mass is 10.2. The van der Waals surface area contributed by atoms with Crippen LogP contribution in [0.15, 0.2) is 30.5 Å². The van der Waals surface area contributed by atoms with E-state index < -0.39 is 5.97 Å². The van der Waals surface area contributed by atoms with Gasteiger partial charge < -0.3 is 15.8 Å². The van der Waals surface area contributed by atoms with Crippen molar-refractivity contribution in [3.05, 3.63) is 46.6 Å². The Kier molecular flexibility index (Phi) is 4.26. The first kappa shape index (κ1) is 14.6. The van der Waals surface area contributed by atoms with Crippen LogP contribution in [0.3, 0.4) is 0 Å². The lowest BCUT2D eigenvalue weighted by Crippen LogP contribution is -2.07. The van der Waals surface area contributed by atoms with Crippen molar-refractivity contribution in [3.63, 3.8) is 0 Å². The topological polar surface area (TPSA) is 101 Å². The Labute approximate surface area is 126 Å². The number of anilines is 3. The van der Waals surface area contributed by atoms with Gasteiger partial charge in [0.05, 0.1) is 46.9 Å². The van der Waals surface area contributed by atoms with Gasteiger partial charge in [-0.1, -0.05) is 11.6 Å². The lowest BCUT2D eigenvalue weighted by molar-refractivity contribution is 0.0602. The van der Waals surface area contributed by atoms with E-state index >= 15 is 0 Å². The van der Waals surface area contributed by atoms with Crippen LogP contribution >= 0.6 is 11.6 Å². The molecule has 2 aromatic rings. The van der Waals surface area contributed by atoms with Crippen molar-refractivity contribution < 1.29 is 9.53 Å². The van der Waals surface area contributed by atoms with Crippen LogP contribution in [0.2, 0.25) is 5.02 Å². The zero-order valence-electron chi connectivity index (χ0n) is 11.1. The Morgan fingerprint density at radius 2 is 2.24 bits per heavy atom. The van der Waals surface area contributed by atoms with Crippen LogP contribution < -0.4 is 11.1 Å². The fourth-order valence-electron chi connectivity index (χ4n) is 1.65.